The van der Waals surface area contributed by atoms with E-state index in [1.807, 2.05) is 36.5 Å². The molecule has 0 bridgehead atoms. The Hall–Kier alpha value is -2.14. The van der Waals surface area contributed by atoms with E-state index in [2.05, 4.69) is 5.10 Å². The van der Waals surface area contributed by atoms with Crippen molar-refractivity contribution in [3.05, 3.63) is 48.3 Å². The Bertz CT molecular complexity index is 537. The summed E-state index contributed by atoms with van der Waals surface area (Å²) in [5, 5.41) is 21.9. The smallest absolute Gasteiger partial charge is 0.332 e. The Balaban J connectivity index is 1.95. The van der Waals surface area contributed by atoms with Gasteiger partial charge in [-0.1, -0.05) is 12.1 Å². The van der Waals surface area contributed by atoms with E-state index in [0.717, 1.165) is 17.7 Å². The van der Waals surface area contributed by atoms with E-state index >= 15 is 0 Å². The number of hydrogen-bond donors (Lipinski definition) is 2. The second-order valence-corrected chi connectivity index (χ2v) is 4.37. The Morgan fingerprint density at radius 3 is 2.89 bits per heavy atom. The first-order valence-corrected chi connectivity index (χ1v) is 6.16. The fourth-order valence-corrected chi connectivity index (χ4v) is 1.90. The van der Waals surface area contributed by atoms with Crippen molar-refractivity contribution in [2.24, 2.45) is 0 Å². The molecule has 0 saturated carbocycles. The fraction of sp³-hybridized carbons (Fsp3) is 0.286. The normalized spacial score (nSPS) is 12.3. The molecule has 0 saturated heterocycles. The Kier molecular flexibility index (Phi) is 4.30. The highest BCUT2D eigenvalue weighted by Crippen LogP contribution is 2.12. The summed E-state index contributed by atoms with van der Waals surface area (Å²) in [6.07, 6.45) is 3.95. The molecule has 1 heterocycles. The molecule has 1 aromatic carbocycles. The van der Waals surface area contributed by atoms with Gasteiger partial charge in [0.2, 0.25) is 0 Å². The van der Waals surface area contributed by atoms with Crippen LogP contribution in [0.5, 0.6) is 0 Å². The molecule has 1 atom stereocenters. The van der Waals surface area contributed by atoms with Gasteiger partial charge in [-0.25, -0.2) is 9.48 Å². The lowest BCUT2D eigenvalue weighted by Crippen LogP contribution is -2.19. The van der Waals surface area contributed by atoms with E-state index in [-0.39, 0.29) is 6.42 Å². The predicted molar refractivity (Wildman–Crippen MR) is 70.1 cm³/mol. The summed E-state index contributed by atoms with van der Waals surface area (Å²) in [5.74, 6) is -1.16. The molecular weight excluding hydrogens is 244 g/mol. The number of aliphatic hydroxyl groups is 1. The molecule has 0 spiro atoms. The van der Waals surface area contributed by atoms with Gasteiger partial charge in [0.1, 0.15) is 0 Å². The second-order valence-electron chi connectivity index (χ2n) is 4.37. The van der Waals surface area contributed by atoms with Crippen LogP contribution >= 0.6 is 0 Å². The van der Waals surface area contributed by atoms with Crippen LogP contribution in [0.3, 0.4) is 0 Å². The minimum atomic E-state index is -1.27. The first-order chi connectivity index (χ1) is 9.16. The lowest BCUT2D eigenvalue weighted by molar-refractivity contribution is -0.146. The summed E-state index contributed by atoms with van der Waals surface area (Å²) >= 11 is 0. The van der Waals surface area contributed by atoms with Crippen molar-refractivity contribution in [2.45, 2.75) is 25.4 Å². The van der Waals surface area contributed by atoms with Crippen molar-refractivity contribution in [2.75, 3.05) is 0 Å². The number of benzene rings is 1. The molecule has 0 fully saturated rings. The van der Waals surface area contributed by atoms with Crippen LogP contribution in [0.4, 0.5) is 0 Å². The summed E-state index contributed by atoms with van der Waals surface area (Å²) < 4.78 is 1.77. The summed E-state index contributed by atoms with van der Waals surface area (Å²) in [4.78, 5) is 10.5. The van der Waals surface area contributed by atoms with E-state index in [4.69, 9.17) is 5.11 Å². The molecule has 100 valence electrons. The van der Waals surface area contributed by atoms with Gasteiger partial charge in [-0.05, 0) is 43.0 Å². The maximum absolute atomic E-state index is 10.5. The molecule has 0 aliphatic rings. The fourth-order valence-electron chi connectivity index (χ4n) is 1.90. The molecule has 0 aliphatic carbocycles. The van der Waals surface area contributed by atoms with Crippen LogP contribution in [0, 0.1) is 0 Å². The van der Waals surface area contributed by atoms with E-state index < -0.39 is 12.1 Å². The van der Waals surface area contributed by atoms with E-state index in [9.17, 15) is 9.90 Å². The van der Waals surface area contributed by atoms with Gasteiger partial charge in [0.05, 0.1) is 5.69 Å². The van der Waals surface area contributed by atoms with E-state index in [1.54, 1.807) is 10.9 Å². The molecule has 5 heteroatoms. The highest BCUT2D eigenvalue weighted by molar-refractivity contribution is 5.71. The number of nitrogens with zero attached hydrogens (tertiary/aromatic N) is 2. The summed E-state index contributed by atoms with van der Waals surface area (Å²) in [5.41, 5.74) is 2.08. The van der Waals surface area contributed by atoms with E-state index in [0.29, 0.717) is 6.42 Å². The number of carboxylic acids is 1. The summed E-state index contributed by atoms with van der Waals surface area (Å²) in [6.45, 7) is 0. The van der Waals surface area contributed by atoms with Crippen molar-refractivity contribution < 1.29 is 15.0 Å². The zero-order chi connectivity index (χ0) is 13.7. The minimum absolute atomic E-state index is 0.265. The van der Waals surface area contributed by atoms with Crippen LogP contribution < -0.4 is 0 Å². The van der Waals surface area contributed by atoms with Crippen molar-refractivity contribution in [1.82, 2.24) is 9.78 Å². The Labute approximate surface area is 111 Å². The Morgan fingerprint density at radius 2 is 2.21 bits per heavy atom. The van der Waals surface area contributed by atoms with E-state index in [1.165, 1.54) is 0 Å². The van der Waals surface area contributed by atoms with Gasteiger partial charge in [0.25, 0.3) is 0 Å². The molecule has 2 aromatic rings. The van der Waals surface area contributed by atoms with Crippen molar-refractivity contribution in [3.63, 3.8) is 0 Å². The topological polar surface area (TPSA) is 75.3 Å². The van der Waals surface area contributed by atoms with Gasteiger partial charge in [0, 0.05) is 12.4 Å². The predicted octanol–water partition coefficient (Wildman–Crippen LogP) is 1.64. The van der Waals surface area contributed by atoms with Gasteiger partial charge >= 0.3 is 5.97 Å². The molecule has 0 amide bonds. The lowest BCUT2D eigenvalue weighted by atomic mass is 10.1. The molecular formula is C14H16N2O3. The average molecular weight is 260 g/mol. The maximum atomic E-state index is 10.5. The third kappa shape index (κ3) is 3.66. The molecule has 5 nitrogen and oxygen atoms in total. The molecule has 0 radical (unpaired) electrons. The number of aryl methyl sites for hydroxylation is 1. The molecule has 2 N–H and O–H groups in total. The van der Waals surface area contributed by atoms with Gasteiger partial charge < -0.3 is 10.2 Å². The number of rotatable bonds is 6. The Morgan fingerprint density at radius 1 is 1.37 bits per heavy atom. The van der Waals surface area contributed by atoms with Crippen molar-refractivity contribution >= 4 is 5.97 Å². The molecule has 1 unspecified atom stereocenters. The number of carbonyl (C=O) groups is 1. The largest absolute Gasteiger partial charge is 0.479 e. The van der Waals surface area contributed by atoms with Crippen LogP contribution in [-0.2, 0) is 11.2 Å². The van der Waals surface area contributed by atoms with Crippen LogP contribution in [0.15, 0.2) is 42.7 Å². The number of aliphatic carboxylic acids is 1. The molecule has 19 heavy (non-hydrogen) atoms. The zero-order valence-corrected chi connectivity index (χ0v) is 10.4. The van der Waals surface area contributed by atoms with Gasteiger partial charge in [0.15, 0.2) is 6.10 Å². The maximum Gasteiger partial charge on any atom is 0.332 e. The zero-order valence-electron chi connectivity index (χ0n) is 10.4. The first-order valence-electron chi connectivity index (χ1n) is 6.16. The number of aliphatic hydroxyl groups excluding tert-OH is 1. The number of carboxylic acid groups (broad SMARTS) is 1. The number of aromatic nitrogens is 2. The van der Waals surface area contributed by atoms with Gasteiger partial charge in [-0.2, -0.15) is 5.10 Å². The third-order valence-corrected chi connectivity index (χ3v) is 2.91. The lowest BCUT2D eigenvalue weighted by Gasteiger charge is -2.07. The third-order valence-electron chi connectivity index (χ3n) is 2.91. The highest BCUT2D eigenvalue weighted by atomic mass is 16.4. The summed E-state index contributed by atoms with van der Waals surface area (Å²) in [6, 6.07) is 9.76. The first kappa shape index (κ1) is 13.3. The van der Waals surface area contributed by atoms with Crippen LogP contribution in [0.25, 0.3) is 5.69 Å². The molecule has 0 aliphatic heterocycles. The molecule has 2 rings (SSSR count). The highest BCUT2D eigenvalue weighted by Gasteiger charge is 2.12. The average Bonchev–Trinajstić information content (AvgIpc) is 2.93. The molecule has 1 aromatic heterocycles. The van der Waals surface area contributed by atoms with Crippen molar-refractivity contribution in [1.29, 1.82) is 0 Å². The second kappa shape index (κ2) is 6.15. The van der Waals surface area contributed by atoms with Crippen LogP contribution in [0.1, 0.15) is 18.4 Å². The van der Waals surface area contributed by atoms with Gasteiger partial charge in [-0.15, -0.1) is 0 Å². The quantitative estimate of drug-likeness (QED) is 0.828. The van der Waals surface area contributed by atoms with Gasteiger partial charge in [-0.3, -0.25) is 0 Å². The van der Waals surface area contributed by atoms with Crippen molar-refractivity contribution in [3.8, 4) is 5.69 Å². The standard InChI is InChI=1S/C14H16N2O3/c17-13(14(18)19)7-2-5-11-4-1-6-12(10-11)16-9-3-8-15-16/h1,3-4,6,8-10,13,17H,2,5,7H2,(H,18,19). The number of hydrogen-bond acceptors (Lipinski definition) is 3. The summed E-state index contributed by atoms with van der Waals surface area (Å²) in [7, 11) is 0. The monoisotopic (exact) mass is 260 g/mol. The van der Waals surface area contributed by atoms with Crippen LogP contribution in [0.2, 0.25) is 0 Å². The SMILES string of the molecule is O=C(O)C(O)CCCc1cccc(-n2cccn2)c1. The minimum Gasteiger partial charge on any atom is -0.479 e. The van der Waals surface area contributed by atoms with Crippen LogP contribution in [-0.4, -0.2) is 32.1 Å².